The van der Waals surface area contributed by atoms with Crippen LogP contribution < -0.4 is 0 Å². The maximum atomic E-state index is 11.5. The van der Waals surface area contributed by atoms with E-state index in [9.17, 15) is 4.79 Å². The molecule has 21 heavy (non-hydrogen) atoms. The lowest BCUT2D eigenvalue weighted by Gasteiger charge is -2.01. The van der Waals surface area contributed by atoms with Gasteiger partial charge in [0.2, 0.25) is 4.96 Å². The average molecular weight is 338 g/mol. The molecular weight excluding hydrogens is 329 g/mol. The van der Waals surface area contributed by atoms with E-state index < -0.39 is 0 Å². The number of carbonyl (C=O) groups excluding carboxylic acids is 1. The van der Waals surface area contributed by atoms with E-state index in [1.807, 2.05) is 0 Å². The van der Waals surface area contributed by atoms with E-state index in [4.69, 9.17) is 23.2 Å². The first kappa shape index (κ1) is 13.2. The summed E-state index contributed by atoms with van der Waals surface area (Å²) >= 11 is 13.5. The molecule has 106 valence electrons. The maximum Gasteiger partial charge on any atom is 0.213 e. The van der Waals surface area contributed by atoms with E-state index in [1.165, 1.54) is 12.8 Å². The van der Waals surface area contributed by atoms with Crippen LogP contribution >= 0.6 is 34.5 Å². The summed E-state index contributed by atoms with van der Waals surface area (Å²) in [7, 11) is 0. The van der Waals surface area contributed by atoms with E-state index in [0.29, 0.717) is 27.4 Å². The predicted octanol–water partition coefficient (Wildman–Crippen LogP) is 4.45. The second kappa shape index (κ2) is 4.80. The van der Waals surface area contributed by atoms with Gasteiger partial charge < -0.3 is 0 Å². The van der Waals surface area contributed by atoms with E-state index in [-0.39, 0.29) is 0 Å². The molecule has 0 spiro atoms. The Hall–Kier alpha value is -1.43. The smallest absolute Gasteiger partial charge is 0.213 e. The summed E-state index contributed by atoms with van der Waals surface area (Å²) in [5.41, 5.74) is 1.80. The zero-order valence-corrected chi connectivity index (χ0v) is 13.0. The Kier molecular flexibility index (Phi) is 3.03. The van der Waals surface area contributed by atoms with Crippen molar-refractivity contribution in [1.29, 1.82) is 0 Å². The van der Waals surface area contributed by atoms with Gasteiger partial charge in [-0.1, -0.05) is 40.6 Å². The lowest BCUT2D eigenvalue weighted by molar-refractivity contribution is 0.111. The highest BCUT2D eigenvalue weighted by molar-refractivity contribution is 7.16. The van der Waals surface area contributed by atoms with Gasteiger partial charge in [0.05, 0.1) is 10.0 Å². The first-order valence-electron chi connectivity index (χ1n) is 6.47. The van der Waals surface area contributed by atoms with Gasteiger partial charge in [-0.05, 0) is 25.0 Å². The van der Waals surface area contributed by atoms with Crippen LogP contribution in [-0.4, -0.2) is 20.9 Å². The predicted molar refractivity (Wildman–Crippen MR) is 83.7 cm³/mol. The van der Waals surface area contributed by atoms with Crippen LogP contribution in [0.1, 0.15) is 34.3 Å². The van der Waals surface area contributed by atoms with Crippen LogP contribution in [0.25, 0.3) is 16.2 Å². The van der Waals surface area contributed by atoms with E-state index >= 15 is 0 Å². The van der Waals surface area contributed by atoms with Gasteiger partial charge in [-0.2, -0.15) is 9.61 Å². The summed E-state index contributed by atoms with van der Waals surface area (Å²) in [5, 5.41) is 6.48. The molecule has 0 bridgehead atoms. The van der Waals surface area contributed by atoms with Crippen LogP contribution in [-0.2, 0) is 0 Å². The van der Waals surface area contributed by atoms with Gasteiger partial charge in [0.15, 0.2) is 6.29 Å². The van der Waals surface area contributed by atoms with Crippen LogP contribution in [0.4, 0.5) is 0 Å². The fraction of sp³-hybridized carbons (Fsp3) is 0.214. The minimum absolute atomic E-state index is 0.439. The zero-order valence-electron chi connectivity index (χ0n) is 10.7. The molecular formula is C14H9Cl2N3OS. The summed E-state index contributed by atoms with van der Waals surface area (Å²) in [4.78, 5) is 16.7. The molecule has 1 fully saturated rings. The Bertz CT molecular complexity index is 867. The molecule has 0 N–H and O–H groups in total. The molecule has 2 heterocycles. The third kappa shape index (κ3) is 2.16. The third-order valence-corrected chi connectivity index (χ3v) is 5.30. The Morgan fingerprint density at radius 2 is 2.10 bits per heavy atom. The third-order valence-electron chi connectivity index (χ3n) is 3.49. The normalized spacial score (nSPS) is 14.8. The number of fused-ring (bicyclic) bond motifs is 1. The molecule has 1 aromatic carbocycles. The number of nitrogens with zero attached hydrogens (tertiary/aromatic N) is 3. The molecule has 1 aliphatic rings. The molecule has 0 unspecified atom stereocenters. The summed E-state index contributed by atoms with van der Waals surface area (Å²) in [6.45, 7) is 0. The van der Waals surface area contributed by atoms with Gasteiger partial charge >= 0.3 is 0 Å². The van der Waals surface area contributed by atoms with Gasteiger partial charge in [0, 0.05) is 11.5 Å². The first-order chi connectivity index (χ1) is 10.2. The van der Waals surface area contributed by atoms with Crippen molar-refractivity contribution < 1.29 is 4.79 Å². The lowest BCUT2D eigenvalue weighted by atomic mass is 10.1. The number of hydrogen-bond donors (Lipinski definition) is 0. The topological polar surface area (TPSA) is 47.3 Å². The van der Waals surface area contributed by atoms with Crippen LogP contribution in [0.2, 0.25) is 10.0 Å². The Labute approximate surface area is 134 Å². The van der Waals surface area contributed by atoms with Crippen molar-refractivity contribution in [3.63, 3.8) is 0 Å². The highest BCUT2D eigenvalue weighted by Crippen LogP contribution is 2.42. The molecule has 2 aromatic heterocycles. The fourth-order valence-corrected chi connectivity index (χ4v) is 3.61. The molecule has 0 aliphatic heterocycles. The molecule has 1 aliphatic carbocycles. The summed E-state index contributed by atoms with van der Waals surface area (Å²) in [5.74, 6) is 0.546. The number of halogens is 2. The largest absolute Gasteiger partial charge is 0.296 e. The number of aldehydes is 1. The van der Waals surface area contributed by atoms with Crippen molar-refractivity contribution in [2.24, 2.45) is 0 Å². The summed E-state index contributed by atoms with van der Waals surface area (Å²) in [6.07, 6.45) is 3.13. The van der Waals surface area contributed by atoms with E-state index in [2.05, 4.69) is 10.1 Å². The molecule has 4 rings (SSSR count). The van der Waals surface area contributed by atoms with Crippen molar-refractivity contribution in [2.45, 2.75) is 18.8 Å². The standard InChI is InChI=1S/C14H9Cl2N3OS/c15-9-4-3-8(5-10(9)16)12-11(6-20)19-14(17-12)21-13(18-19)7-1-2-7/h3-7H,1-2H2. The van der Waals surface area contributed by atoms with Gasteiger partial charge in [0.25, 0.3) is 0 Å². The van der Waals surface area contributed by atoms with Gasteiger partial charge in [0.1, 0.15) is 16.4 Å². The van der Waals surface area contributed by atoms with Crippen molar-refractivity contribution in [1.82, 2.24) is 14.6 Å². The maximum absolute atomic E-state index is 11.5. The second-order valence-corrected chi connectivity index (χ2v) is 6.80. The van der Waals surface area contributed by atoms with Crippen LogP contribution in [0.5, 0.6) is 0 Å². The number of carbonyl (C=O) groups is 1. The quantitative estimate of drug-likeness (QED) is 0.663. The second-order valence-electron chi connectivity index (χ2n) is 5.00. The average Bonchev–Trinajstić information content (AvgIpc) is 3.15. The molecule has 0 amide bonds. The number of imidazole rings is 1. The monoisotopic (exact) mass is 337 g/mol. The molecule has 1 saturated carbocycles. The molecule has 7 heteroatoms. The van der Waals surface area contributed by atoms with E-state index in [1.54, 1.807) is 34.1 Å². The number of hydrogen-bond acceptors (Lipinski definition) is 4. The first-order valence-corrected chi connectivity index (χ1v) is 8.04. The highest BCUT2D eigenvalue weighted by atomic mass is 35.5. The molecule has 4 nitrogen and oxygen atoms in total. The number of benzene rings is 1. The Morgan fingerprint density at radius 1 is 1.29 bits per heavy atom. The fourth-order valence-electron chi connectivity index (χ4n) is 2.24. The van der Waals surface area contributed by atoms with Crippen molar-refractivity contribution in [3.8, 4) is 11.3 Å². The molecule has 0 atom stereocenters. The zero-order chi connectivity index (χ0) is 14.6. The SMILES string of the molecule is O=Cc1c(-c2ccc(Cl)c(Cl)c2)nc2sc(C3CC3)nn12. The molecule has 0 saturated heterocycles. The van der Waals surface area contributed by atoms with Crippen LogP contribution in [0.3, 0.4) is 0 Å². The number of rotatable bonds is 3. The Balaban J connectivity index is 1.89. The summed E-state index contributed by atoms with van der Waals surface area (Å²) in [6, 6.07) is 5.21. The minimum atomic E-state index is 0.439. The molecule has 0 radical (unpaired) electrons. The minimum Gasteiger partial charge on any atom is -0.296 e. The molecule has 3 aromatic rings. The number of aromatic nitrogens is 3. The Morgan fingerprint density at radius 3 is 2.76 bits per heavy atom. The van der Waals surface area contributed by atoms with Crippen molar-refractivity contribution >= 4 is 45.8 Å². The summed E-state index contributed by atoms with van der Waals surface area (Å²) < 4.78 is 1.63. The van der Waals surface area contributed by atoms with Gasteiger partial charge in [-0.15, -0.1) is 0 Å². The van der Waals surface area contributed by atoms with E-state index in [0.717, 1.165) is 21.8 Å². The lowest BCUT2D eigenvalue weighted by Crippen LogP contribution is -1.94. The van der Waals surface area contributed by atoms with Crippen LogP contribution in [0.15, 0.2) is 18.2 Å². The van der Waals surface area contributed by atoms with Gasteiger partial charge in [-0.3, -0.25) is 4.79 Å². The van der Waals surface area contributed by atoms with Gasteiger partial charge in [-0.25, -0.2) is 4.98 Å². The van der Waals surface area contributed by atoms with Crippen molar-refractivity contribution in [3.05, 3.63) is 38.9 Å². The highest BCUT2D eigenvalue weighted by Gasteiger charge is 2.29. The van der Waals surface area contributed by atoms with Crippen molar-refractivity contribution in [2.75, 3.05) is 0 Å². The van der Waals surface area contributed by atoms with Crippen LogP contribution in [0, 0.1) is 0 Å².